The monoisotopic (exact) mass is 255 g/mol. The van der Waals surface area contributed by atoms with Crippen LogP contribution in [0.5, 0.6) is 0 Å². The Morgan fingerprint density at radius 3 is 2.84 bits per heavy atom. The lowest BCUT2D eigenvalue weighted by Crippen LogP contribution is -2.48. The van der Waals surface area contributed by atoms with Crippen LogP contribution in [0.2, 0.25) is 0 Å². The molecule has 2 aliphatic rings. The van der Waals surface area contributed by atoms with Crippen molar-refractivity contribution in [3.63, 3.8) is 0 Å². The summed E-state index contributed by atoms with van der Waals surface area (Å²) in [5, 5.41) is 12.2. The first kappa shape index (κ1) is 12.2. The van der Waals surface area contributed by atoms with Crippen molar-refractivity contribution in [1.29, 1.82) is 5.26 Å². The van der Waals surface area contributed by atoms with Gasteiger partial charge in [-0.3, -0.25) is 4.79 Å². The molecular weight excluding hydrogens is 238 g/mol. The van der Waals surface area contributed by atoms with E-state index in [1.165, 1.54) is 6.42 Å². The maximum atomic E-state index is 12.6. The Hall–Kier alpha value is -1.86. The van der Waals surface area contributed by atoms with Gasteiger partial charge in [0.15, 0.2) is 0 Å². The van der Waals surface area contributed by atoms with E-state index >= 15 is 0 Å². The summed E-state index contributed by atoms with van der Waals surface area (Å²) in [5.41, 5.74) is 1.28. The zero-order valence-electron chi connectivity index (χ0n) is 10.8. The molecule has 1 aromatic carbocycles. The van der Waals surface area contributed by atoms with Crippen molar-refractivity contribution in [2.45, 2.75) is 18.9 Å². The van der Waals surface area contributed by atoms with E-state index < -0.39 is 0 Å². The summed E-state index contributed by atoms with van der Waals surface area (Å²) >= 11 is 0. The summed E-state index contributed by atoms with van der Waals surface area (Å²) < 4.78 is 0. The van der Waals surface area contributed by atoms with Crippen molar-refractivity contribution in [3.05, 3.63) is 35.4 Å². The first-order valence-electron chi connectivity index (χ1n) is 6.81. The number of benzene rings is 1. The average molecular weight is 255 g/mol. The van der Waals surface area contributed by atoms with Gasteiger partial charge < -0.3 is 10.2 Å². The molecule has 4 heteroatoms. The normalized spacial score (nSPS) is 25.7. The third-order valence-electron chi connectivity index (χ3n) is 4.20. The predicted octanol–water partition coefficient (Wildman–Crippen LogP) is 1.38. The van der Waals surface area contributed by atoms with Gasteiger partial charge in [-0.2, -0.15) is 5.26 Å². The lowest BCUT2D eigenvalue weighted by molar-refractivity contribution is 0.0575. The van der Waals surface area contributed by atoms with Gasteiger partial charge in [0.1, 0.15) is 0 Å². The molecular formula is C15H17N3O. The number of likely N-dealkylation sites (tertiary alicyclic amines) is 1. The zero-order chi connectivity index (χ0) is 13.2. The third-order valence-corrected chi connectivity index (χ3v) is 4.20. The number of piperidine rings is 1. The van der Waals surface area contributed by atoms with Crippen molar-refractivity contribution in [2.24, 2.45) is 5.92 Å². The average Bonchev–Trinajstić information content (AvgIpc) is 2.95. The Bertz CT molecular complexity index is 517. The predicted molar refractivity (Wildman–Crippen MR) is 71.6 cm³/mol. The molecule has 2 unspecified atom stereocenters. The molecule has 2 fully saturated rings. The standard InChI is InChI=1S/C15H17N3O/c16-8-11-3-5-12(6-4-11)15(19)18-7-1-2-13-9-17-10-14(13)18/h3-6,13-14,17H,1-2,7,9-10H2. The van der Waals surface area contributed by atoms with Gasteiger partial charge in [0.25, 0.3) is 5.91 Å². The van der Waals surface area contributed by atoms with E-state index in [2.05, 4.69) is 11.4 Å². The SMILES string of the molecule is N#Cc1ccc(C(=O)N2CCCC3CNCC32)cc1. The van der Waals surface area contributed by atoms with Crippen molar-refractivity contribution in [2.75, 3.05) is 19.6 Å². The molecule has 0 spiro atoms. The van der Waals surface area contributed by atoms with Crippen LogP contribution in [0, 0.1) is 17.2 Å². The zero-order valence-corrected chi connectivity index (χ0v) is 10.8. The number of carbonyl (C=O) groups excluding carboxylic acids is 1. The van der Waals surface area contributed by atoms with Crippen molar-refractivity contribution in [1.82, 2.24) is 10.2 Å². The Morgan fingerprint density at radius 1 is 1.32 bits per heavy atom. The summed E-state index contributed by atoms with van der Waals surface area (Å²) in [4.78, 5) is 14.6. The maximum Gasteiger partial charge on any atom is 0.254 e. The molecule has 2 aliphatic heterocycles. The smallest absolute Gasteiger partial charge is 0.254 e. The second kappa shape index (κ2) is 5.02. The molecule has 19 heavy (non-hydrogen) atoms. The Kier molecular flexibility index (Phi) is 3.22. The quantitative estimate of drug-likeness (QED) is 0.825. The van der Waals surface area contributed by atoms with Gasteiger partial charge in [-0.15, -0.1) is 0 Å². The highest BCUT2D eigenvalue weighted by Gasteiger charge is 2.37. The van der Waals surface area contributed by atoms with Gasteiger partial charge in [0.2, 0.25) is 0 Å². The van der Waals surface area contributed by atoms with Crippen LogP contribution < -0.4 is 5.32 Å². The fraction of sp³-hybridized carbons (Fsp3) is 0.467. The van der Waals surface area contributed by atoms with Crippen LogP contribution in [0.4, 0.5) is 0 Å². The van der Waals surface area contributed by atoms with E-state index in [1.807, 2.05) is 4.90 Å². The first-order chi connectivity index (χ1) is 9.29. The van der Waals surface area contributed by atoms with Crippen LogP contribution in [0.15, 0.2) is 24.3 Å². The molecule has 0 aliphatic carbocycles. The number of hydrogen-bond acceptors (Lipinski definition) is 3. The van der Waals surface area contributed by atoms with Gasteiger partial charge >= 0.3 is 0 Å². The molecule has 0 radical (unpaired) electrons. The minimum absolute atomic E-state index is 0.0999. The second-order valence-electron chi connectivity index (χ2n) is 5.32. The fourth-order valence-corrected chi connectivity index (χ4v) is 3.17. The van der Waals surface area contributed by atoms with Gasteiger partial charge in [-0.05, 0) is 43.0 Å². The number of hydrogen-bond donors (Lipinski definition) is 1. The summed E-state index contributed by atoms with van der Waals surface area (Å²) in [6.07, 6.45) is 2.31. The van der Waals surface area contributed by atoms with Gasteiger partial charge in [-0.25, -0.2) is 0 Å². The first-order valence-corrected chi connectivity index (χ1v) is 6.81. The van der Waals surface area contributed by atoms with Crippen LogP contribution in [-0.2, 0) is 0 Å². The summed E-state index contributed by atoms with van der Waals surface area (Å²) in [6, 6.07) is 9.35. The Morgan fingerprint density at radius 2 is 2.11 bits per heavy atom. The van der Waals surface area contributed by atoms with Crippen LogP contribution in [0.3, 0.4) is 0 Å². The lowest BCUT2D eigenvalue weighted by atomic mass is 9.91. The van der Waals surface area contributed by atoms with Crippen LogP contribution in [0.25, 0.3) is 0 Å². The molecule has 0 aromatic heterocycles. The highest BCUT2D eigenvalue weighted by Crippen LogP contribution is 2.27. The molecule has 2 heterocycles. The number of nitrogens with one attached hydrogen (secondary N) is 1. The topological polar surface area (TPSA) is 56.1 Å². The summed E-state index contributed by atoms with van der Waals surface area (Å²) in [5.74, 6) is 0.707. The molecule has 3 rings (SSSR count). The molecule has 2 atom stereocenters. The largest absolute Gasteiger partial charge is 0.334 e. The summed E-state index contributed by atoms with van der Waals surface area (Å²) in [6.45, 7) is 2.79. The van der Waals surface area contributed by atoms with E-state index in [0.717, 1.165) is 26.1 Å². The molecule has 4 nitrogen and oxygen atoms in total. The Balaban J connectivity index is 1.80. The fourth-order valence-electron chi connectivity index (χ4n) is 3.17. The van der Waals surface area contributed by atoms with Gasteiger partial charge in [-0.1, -0.05) is 0 Å². The maximum absolute atomic E-state index is 12.6. The molecule has 1 amide bonds. The molecule has 1 N–H and O–H groups in total. The van der Waals surface area contributed by atoms with Gasteiger partial charge in [0.05, 0.1) is 11.6 Å². The molecule has 0 saturated carbocycles. The van der Waals surface area contributed by atoms with E-state index in [0.29, 0.717) is 23.1 Å². The van der Waals surface area contributed by atoms with E-state index in [4.69, 9.17) is 5.26 Å². The van der Waals surface area contributed by atoms with Crippen LogP contribution in [0.1, 0.15) is 28.8 Å². The number of nitriles is 1. The number of carbonyl (C=O) groups is 1. The molecule has 2 saturated heterocycles. The van der Waals surface area contributed by atoms with E-state index in [9.17, 15) is 4.79 Å². The molecule has 98 valence electrons. The van der Waals surface area contributed by atoms with Crippen LogP contribution in [-0.4, -0.2) is 36.5 Å². The minimum atomic E-state index is 0.0999. The van der Waals surface area contributed by atoms with Crippen molar-refractivity contribution < 1.29 is 4.79 Å². The van der Waals surface area contributed by atoms with Crippen molar-refractivity contribution >= 4 is 5.91 Å². The highest BCUT2D eigenvalue weighted by atomic mass is 16.2. The third kappa shape index (κ3) is 2.22. The number of fused-ring (bicyclic) bond motifs is 1. The van der Waals surface area contributed by atoms with E-state index in [1.54, 1.807) is 24.3 Å². The Labute approximate surface area is 113 Å². The highest BCUT2D eigenvalue weighted by molar-refractivity contribution is 5.94. The molecule has 1 aromatic rings. The van der Waals surface area contributed by atoms with Crippen LogP contribution >= 0.6 is 0 Å². The molecule has 0 bridgehead atoms. The van der Waals surface area contributed by atoms with E-state index in [-0.39, 0.29) is 5.91 Å². The summed E-state index contributed by atoms with van der Waals surface area (Å²) in [7, 11) is 0. The minimum Gasteiger partial charge on any atom is -0.334 e. The number of amides is 1. The number of nitrogens with zero attached hydrogens (tertiary/aromatic N) is 2. The second-order valence-corrected chi connectivity index (χ2v) is 5.32. The van der Waals surface area contributed by atoms with Gasteiger partial charge in [0, 0.05) is 31.2 Å². The number of rotatable bonds is 1. The lowest BCUT2D eigenvalue weighted by Gasteiger charge is -2.37. The van der Waals surface area contributed by atoms with Crippen molar-refractivity contribution in [3.8, 4) is 6.07 Å².